The van der Waals surface area contributed by atoms with Crippen LogP contribution in [0.3, 0.4) is 0 Å². The molecule has 29 heavy (non-hydrogen) atoms. The first-order valence-corrected chi connectivity index (χ1v) is 11.0. The van der Waals surface area contributed by atoms with Crippen molar-refractivity contribution in [3.05, 3.63) is 87.4 Å². The van der Waals surface area contributed by atoms with E-state index in [2.05, 4.69) is 44.9 Å². The van der Waals surface area contributed by atoms with Gasteiger partial charge in [-0.2, -0.15) is 0 Å². The summed E-state index contributed by atoms with van der Waals surface area (Å²) in [6.07, 6.45) is 4.55. The molecule has 0 bridgehead atoms. The van der Waals surface area contributed by atoms with Crippen LogP contribution in [0.25, 0.3) is 11.0 Å². The van der Waals surface area contributed by atoms with Crippen LogP contribution in [-0.4, -0.2) is 15.9 Å². The van der Waals surface area contributed by atoms with Crippen LogP contribution >= 0.6 is 11.3 Å². The summed E-state index contributed by atoms with van der Waals surface area (Å²) < 4.78 is 0. The first kappa shape index (κ1) is 18.1. The van der Waals surface area contributed by atoms with Gasteiger partial charge in [0.05, 0.1) is 17.1 Å². The lowest BCUT2D eigenvalue weighted by Gasteiger charge is -2.19. The van der Waals surface area contributed by atoms with Crippen molar-refractivity contribution in [2.45, 2.75) is 38.1 Å². The number of fused-ring (bicyclic) bond motifs is 2. The van der Waals surface area contributed by atoms with E-state index < -0.39 is 0 Å². The number of amides is 1. The molecule has 2 N–H and O–H groups in total. The Bertz CT molecular complexity index is 1110. The summed E-state index contributed by atoms with van der Waals surface area (Å²) in [5.41, 5.74) is 6.01. The molecule has 1 aliphatic rings. The molecule has 0 aliphatic heterocycles. The fraction of sp³-hybridized carbons (Fsp3) is 0.250. The monoisotopic (exact) mass is 401 g/mol. The highest BCUT2D eigenvalue weighted by Crippen LogP contribution is 2.30. The van der Waals surface area contributed by atoms with Gasteiger partial charge in [-0.15, -0.1) is 11.3 Å². The van der Waals surface area contributed by atoms with Crippen LogP contribution < -0.4 is 5.32 Å². The largest absolute Gasteiger partial charge is 0.344 e. The average molecular weight is 402 g/mol. The number of hydrogen-bond donors (Lipinski definition) is 2. The summed E-state index contributed by atoms with van der Waals surface area (Å²) in [6.45, 7) is 0. The predicted molar refractivity (Wildman–Crippen MR) is 117 cm³/mol. The van der Waals surface area contributed by atoms with Gasteiger partial charge in [0.15, 0.2) is 0 Å². The van der Waals surface area contributed by atoms with Gasteiger partial charge in [0.1, 0.15) is 5.82 Å². The molecule has 0 saturated heterocycles. The van der Waals surface area contributed by atoms with E-state index in [1.807, 2.05) is 30.3 Å². The van der Waals surface area contributed by atoms with Gasteiger partial charge >= 0.3 is 0 Å². The number of nitrogens with zero attached hydrogens (tertiary/aromatic N) is 1. The molecule has 2 aromatic carbocycles. The van der Waals surface area contributed by atoms with E-state index in [0.29, 0.717) is 12.8 Å². The topological polar surface area (TPSA) is 57.8 Å². The van der Waals surface area contributed by atoms with E-state index in [0.717, 1.165) is 23.3 Å². The molecule has 2 heterocycles. The lowest BCUT2D eigenvalue weighted by atomic mass is 9.99. The summed E-state index contributed by atoms with van der Waals surface area (Å²) >= 11 is 1.69. The molecule has 1 amide bonds. The Morgan fingerprint density at radius 3 is 2.86 bits per heavy atom. The zero-order chi connectivity index (χ0) is 19.6. The number of aryl methyl sites for hydroxylation is 3. The van der Waals surface area contributed by atoms with Crippen molar-refractivity contribution < 1.29 is 4.79 Å². The number of imidazole rings is 1. The zero-order valence-corrected chi connectivity index (χ0v) is 17.0. The summed E-state index contributed by atoms with van der Waals surface area (Å²) in [5, 5.41) is 5.33. The highest BCUT2D eigenvalue weighted by Gasteiger charge is 2.20. The number of hydrogen-bond acceptors (Lipinski definition) is 3. The Kier molecular flexibility index (Phi) is 4.90. The van der Waals surface area contributed by atoms with Crippen molar-refractivity contribution in [3.63, 3.8) is 0 Å². The van der Waals surface area contributed by atoms with Crippen LogP contribution in [-0.2, 0) is 24.1 Å². The number of benzene rings is 2. The summed E-state index contributed by atoms with van der Waals surface area (Å²) in [5.74, 6) is 0.899. The van der Waals surface area contributed by atoms with Gasteiger partial charge in [-0.05, 0) is 59.5 Å². The Labute approximate surface area is 174 Å². The van der Waals surface area contributed by atoms with E-state index in [4.69, 9.17) is 0 Å². The maximum absolute atomic E-state index is 12.8. The highest BCUT2D eigenvalue weighted by molar-refractivity contribution is 7.10. The first-order chi connectivity index (χ1) is 14.3. The second-order valence-electron chi connectivity index (χ2n) is 7.60. The van der Waals surface area contributed by atoms with Crippen molar-refractivity contribution in [2.75, 3.05) is 0 Å². The van der Waals surface area contributed by atoms with Crippen LogP contribution in [0.15, 0.2) is 60.0 Å². The molecule has 0 saturated carbocycles. The molecule has 0 spiro atoms. The third kappa shape index (κ3) is 3.83. The Hall–Kier alpha value is -2.92. The van der Waals surface area contributed by atoms with Gasteiger partial charge < -0.3 is 10.3 Å². The molecule has 0 fully saturated rings. The number of carbonyl (C=O) groups excluding carboxylic acids is 1. The molecule has 1 atom stereocenters. The molecule has 4 nitrogen and oxygen atoms in total. The second-order valence-corrected chi connectivity index (χ2v) is 8.58. The van der Waals surface area contributed by atoms with E-state index in [1.54, 1.807) is 11.3 Å². The molecule has 0 radical (unpaired) electrons. The fourth-order valence-corrected chi connectivity index (χ4v) is 4.94. The number of aromatic amines is 1. The number of H-pyrrole nitrogens is 1. The van der Waals surface area contributed by atoms with Crippen LogP contribution in [0.1, 0.15) is 46.3 Å². The van der Waals surface area contributed by atoms with E-state index in [-0.39, 0.29) is 11.9 Å². The summed E-state index contributed by atoms with van der Waals surface area (Å²) in [6, 6.07) is 18.7. The Balaban J connectivity index is 1.31. The summed E-state index contributed by atoms with van der Waals surface area (Å²) in [4.78, 5) is 21.8. The molecule has 2 aromatic heterocycles. The van der Waals surface area contributed by atoms with E-state index in [1.165, 1.54) is 34.4 Å². The van der Waals surface area contributed by atoms with E-state index >= 15 is 0 Å². The lowest BCUT2D eigenvalue weighted by Crippen LogP contribution is -2.29. The molecule has 4 aromatic rings. The number of rotatable bonds is 6. The van der Waals surface area contributed by atoms with Crippen LogP contribution in [0.5, 0.6) is 0 Å². The lowest BCUT2D eigenvalue weighted by molar-refractivity contribution is -0.121. The minimum atomic E-state index is -0.0935. The quantitative estimate of drug-likeness (QED) is 0.480. The maximum atomic E-state index is 12.8. The first-order valence-electron chi connectivity index (χ1n) is 10.1. The molecule has 5 rings (SSSR count). The Morgan fingerprint density at radius 1 is 1.10 bits per heavy atom. The molecule has 1 aliphatic carbocycles. The van der Waals surface area contributed by atoms with Crippen LogP contribution in [0, 0.1) is 0 Å². The summed E-state index contributed by atoms with van der Waals surface area (Å²) in [7, 11) is 0. The second kappa shape index (κ2) is 7.84. The SMILES string of the molecule is O=C(CCc1nc2ccccc2[nH]1)NC(c1ccc2c(c1)CCC2)c1cccs1. The predicted octanol–water partition coefficient (Wildman–Crippen LogP) is 4.95. The van der Waals surface area contributed by atoms with Gasteiger partial charge in [0.2, 0.25) is 5.91 Å². The molecule has 1 unspecified atom stereocenters. The molecule has 5 heteroatoms. The zero-order valence-electron chi connectivity index (χ0n) is 16.2. The highest BCUT2D eigenvalue weighted by atomic mass is 32.1. The van der Waals surface area contributed by atoms with Gasteiger partial charge in [0, 0.05) is 17.7 Å². The Morgan fingerprint density at radius 2 is 2.00 bits per heavy atom. The minimum absolute atomic E-state index is 0.0457. The minimum Gasteiger partial charge on any atom is -0.344 e. The van der Waals surface area contributed by atoms with Crippen LogP contribution in [0.2, 0.25) is 0 Å². The van der Waals surface area contributed by atoms with Crippen molar-refractivity contribution in [1.29, 1.82) is 0 Å². The number of thiophene rings is 1. The third-order valence-electron chi connectivity index (χ3n) is 5.62. The van der Waals surface area contributed by atoms with Gasteiger partial charge in [0.25, 0.3) is 0 Å². The van der Waals surface area contributed by atoms with Crippen molar-refractivity contribution in [2.24, 2.45) is 0 Å². The normalized spacial score (nSPS) is 14.1. The number of carbonyl (C=O) groups is 1. The standard InChI is InChI=1S/C24H23N3OS/c28-23(13-12-22-25-19-7-1-2-8-20(19)26-22)27-24(21-9-4-14-29-21)18-11-10-16-5-3-6-17(16)15-18/h1-2,4,7-11,14-15,24H,3,5-6,12-13H2,(H,25,26)(H,27,28). The van der Waals surface area contributed by atoms with Crippen molar-refractivity contribution in [3.8, 4) is 0 Å². The van der Waals surface area contributed by atoms with Gasteiger partial charge in [-0.1, -0.05) is 36.4 Å². The molecule has 146 valence electrons. The molecular weight excluding hydrogens is 378 g/mol. The maximum Gasteiger partial charge on any atom is 0.221 e. The number of aromatic nitrogens is 2. The van der Waals surface area contributed by atoms with Gasteiger partial charge in [-0.3, -0.25) is 4.79 Å². The smallest absolute Gasteiger partial charge is 0.221 e. The van der Waals surface area contributed by atoms with Gasteiger partial charge in [-0.25, -0.2) is 4.98 Å². The third-order valence-corrected chi connectivity index (χ3v) is 6.55. The average Bonchev–Trinajstić information content (AvgIpc) is 3.50. The molecular formula is C24H23N3OS. The van der Waals surface area contributed by atoms with Crippen LogP contribution in [0.4, 0.5) is 0 Å². The fourth-order valence-electron chi connectivity index (χ4n) is 4.13. The number of para-hydroxylation sites is 2. The van der Waals surface area contributed by atoms with Crippen molar-refractivity contribution >= 4 is 28.3 Å². The number of nitrogens with one attached hydrogen (secondary N) is 2. The van der Waals surface area contributed by atoms with E-state index in [9.17, 15) is 4.79 Å². The van der Waals surface area contributed by atoms with Crippen molar-refractivity contribution in [1.82, 2.24) is 15.3 Å².